The molecule has 0 spiro atoms. The Balaban J connectivity index is 1.72. The van der Waals surface area contributed by atoms with Crippen molar-refractivity contribution in [1.29, 1.82) is 0 Å². The van der Waals surface area contributed by atoms with Crippen molar-refractivity contribution in [1.82, 2.24) is 14.5 Å². The van der Waals surface area contributed by atoms with Gasteiger partial charge in [-0.25, -0.2) is 9.78 Å². The Bertz CT molecular complexity index is 632. The van der Waals surface area contributed by atoms with Crippen molar-refractivity contribution in [2.75, 3.05) is 40.0 Å². The minimum atomic E-state index is -0.334. The summed E-state index contributed by atoms with van der Waals surface area (Å²) in [7, 11) is 1.38. The van der Waals surface area contributed by atoms with E-state index in [1.165, 1.54) is 7.11 Å². The topological polar surface area (TPSA) is 56.6 Å². The third-order valence-corrected chi connectivity index (χ3v) is 3.80. The smallest absolute Gasteiger partial charge is 0.337 e. The molecule has 2 aromatic rings. The molecule has 3 rings (SSSR count). The molecule has 6 nitrogen and oxygen atoms in total. The Morgan fingerprint density at radius 2 is 2.14 bits per heavy atom. The molecular weight excluding hydrogens is 270 g/mol. The number of rotatable bonds is 4. The SMILES string of the molecule is COC(=O)c1ccc2c(c1)ncn2CCN1CCOCC1. The summed E-state index contributed by atoms with van der Waals surface area (Å²) in [6.07, 6.45) is 1.83. The van der Waals surface area contributed by atoms with Crippen LogP contribution in [0.2, 0.25) is 0 Å². The van der Waals surface area contributed by atoms with E-state index in [1.54, 1.807) is 12.1 Å². The maximum Gasteiger partial charge on any atom is 0.337 e. The van der Waals surface area contributed by atoms with E-state index in [1.807, 2.05) is 12.4 Å². The summed E-state index contributed by atoms with van der Waals surface area (Å²) in [5, 5.41) is 0. The van der Waals surface area contributed by atoms with Crippen LogP contribution in [0.4, 0.5) is 0 Å². The number of hydrogen-bond acceptors (Lipinski definition) is 5. The van der Waals surface area contributed by atoms with Crippen LogP contribution in [0.1, 0.15) is 10.4 Å². The van der Waals surface area contributed by atoms with Gasteiger partial charge in [-0.05, 0) is 18.2 Å². The highest BCUT2D eigenvalue weighted by Crippen LogP contribution is 2.16. The summed E-state index contributed by atoms with van der Waals surface area (Å²) in [6.45, 7) is 5.46. The zero-order valence-corrected chi connectivity index (χ0v) is 12.1. The van der Waals surface area contributed by atoms with Crippen LogP contribution in [0.5, 0.6) is 0 Å². The summed E-state index contributed by atoms with van der Waals surface area (Å²) in [4.78, 5) is 18.3. The Kier molecular flexibility index (Phi) is 4.17. The Labute approximate surface area is 123 Å². The number of benzene rings is 1. The summed E-state index contributed by atoms with van der Waals surface area (Å²) in [6, 6.07) is 5.47. The van der Waals surface area contributed by atoms with Crippen molar-refractivity contribution in [3.8, 4) is 0 Å². The summed E-state index contributed by atoms with van der Waals surface area (Å²) in [5.41, 5.74) is 2.39. The standard InChI is InChI=1S/C15H19N3O3/c1-20-15(19)12-2-3-14-13(10-12)16-11-18(14)5-4-17-6-8-21-9-7-17/h2-3,10-11H,4-9H2,1H3. The van der Waals surface area contributed by atoms with Gasteiger partial charge in [-0.1, -0.05) is 0 Å². The van der Waals surface area contributed by atoms with Crippen molar-refractivity contribution >= 4 is 17.0 Å². The van der Waals surface area contributed by atoms with Crippen molar-refractivity contribution in [3.05, 3.63) is 30.1 Å². The lowest BCUT2D eigenvalue weighted by atomic mass is 10.2. The van der Waals surface area contributed by atoms with Gasteiger partial charge in [0.25, 0.3) is 0 Å². The fourth-order valence-electron chi connectivity index (χ4n) is 2.56. The van der Waals surface area contributed by atoms with E-state index < -0.39 is 0 Å². The number of carbonyl (C=O) groups is 1. The van der Waals surface area contributed by atoms with Gasteiger partial charge >= 0.3 is 5.97 Å². The molecule has 0 N–H and O–H groups in total. The molecular formula is C15H19N3O3. The Hall–Kier alpha value is -1.92. The minimum absolute atomic E-state index is 0.334. The molecule has 1 saturated heterocycles. The quantitative estimate of drug-likeness (QED) is 0.790. The molecule has 1 aromatic heterocycles. The van der Waals surface area contributed by atoms with Gasteiger partial charge < -0.3 is 14.0 Å². The lowest BCUT2D eigenvalue weighted by molar-refractivity contribution is 0.0365. The molecule has 1 aliphatic heterocycles. The molecule has 112 valence electrons. The largest absolute Gasteiger partial charge is 0.465 e. The highest BCUT2D eigenvalue weighted by atomic mass is 16.5. The van der Waals surface area contributed by atoms with Crippen LogP contribution in [-0.4, -0.2) is 60.4 Å². The zero-order valence-electron chi connectivity index (χ0n) is 12.1. The van der Waals surface area contributed by atoms with Gasteiger partial charge in [-0.15, -0.1) is 0 Å². The molecule has 1 aliphatic rings. The van der Waals surface area contributed by atoms with Crippen molar-refractivity contribution in [2.24, 2.45) is 0 Å². The highest BCUT2D eigenvalue weighted by molar-refractivity contribution is 5.93. The third-order valence-electron chi connectivity index (χ3n) is 3.80. The lowest BCUT2D eigenvalue weighted by Crippen LogP contribution is -2.38. The Morgan fingerprint density at radius 3 is 2.90 bits per heavy atom. The average molecular weight is 289 g/mol. The first-order valence-corrected chi connectivity index (χ1v) is 7.11. The molecule has 0 bridgehead atoms. The number of hydrogen-bond donors (Lipinski definition) is 0. The van der Waals surface area contributed by atoms with Crippen LogP contribution in [0.15, 0.2) is 24.5 Å². The molecule has 21 heavy (non-hydrogen) atoms. The average Bonchev–Trinajstić information content (AvgIpc) is 2.95. The van der Waals surface area contributed by atoms with E-state index in [0.29, 0.717) is 5.56 Å². The normalized spacial score (nSPS) is 16.2. The van der Waals surface area contributed by atoms with Crippen LogP contribution in [0.25, 0.3) is 11.0 Å². The molecule has 0 radical (unpaired) electrons. The second-order valence-electron chi connectivity index (χ2n) is 5.09. The summed E-state index contributed by atoms with van der Waals surface area (Å²) < 4.78 is 12.2. The first-order valence-electron chi connectivity index (χ1n) is 7.11. The fraction of sp³-hybridized carbons (Fsp3) is 0.467. The first-order chi connectivity index (χ1) is 10.3. The molecule has 0 unspecified atom stereocenters. The monoisotopic (exact) mass is 289 g/mol. The lowest BCUT2D eigenvalue weighted by Gasteiger charge is -2.26. The number of methoxy groups -OCH3 is 1. The van der Waals surface area contributed by atoms with Crippen LogP contribution in [0.3, 0.4) is 0 Å². The molecule has 6 heteroatoms. The molecule has 1 aromatic carbocycles. The molecule has 1 fully saturated rings. The zero-order chi connectivity index (χ0) is 14.7. The number of ether oxygens (including phenoxy) is 2. The fourth-order valence-corrected chi connectivity index (χ4v) is 2.56. The molecule has 0 amide bonds. The maximum atomic E-state index is 11.5. The van der Waals surface area contributed by atoms with Crippen molar-refractivity contribution in [3.63, 3.8) is 0 Å². The maximum absolute atomic E-state index is 11.5. The van der Waals surface area contributed by atoms with Gasteiger partial charge in [0.1, 0.15) is 0 Å². The Morgan fingerprint density at radius 1 is 1.33 bits per heavy atom. The van der Waals surface area contributed by atoms with Crippen molar-refractivity contribution < 1.29 is 14.3 Å². The molecule has 2 heterocycles. The second-order valence-corrected chi connectivity index (χ2v) is 5.09. The first kappa shape index (κ1) is 14.0. The number of fused-ring (bicyclic) bond motifs is 1. The van der Waals surface area contributed by atoms with Gasteiger partial charge in [-0.3, -0.25) is 4.90 Å². The van der Waals surface area contributed by atoms with Crippen LogP contribution >= 0.6 is 0 Å². The van der Waals surface area contributed by atoms with E-state index in [-0.39, 0.29) is 5.97 Å². The molecule has 0 saturated carbocycles. The number of nitrogens with zero attached hydrogens (tertiary/aromatic N) is 3. The van der Waals surface area contributed by atoms with Gasteiger partial charge in [-0.2, -0.15) is 0 Å². The number of esters is 1. The van der Waals surface area contributed by atoms with Crippen LogP contribution in [-0.2, 0) is 16.0 Å². The number of carbonyl (C=O) groups excluding carboxylic acids is 1. The third kappa shape index (κ3) is 3.06. The van der Waals surface area contributed by atoms with E-state index in [4.69, 9.17) is 9.47 Å². The van der Waals surface area contributed by atoms with Crippen LogP contribution in [0, 0.1) is 0 Å². The molecule has 0 aliphatic carbocycles. The predicted octanol–water partition coefficient (Wildman–Crippen LogP) is 1.16. The minimum Gasteiger partial charge on any atom is -0.465 e. The van der Waals surface area contributed by atoms with Gasteiger partial charge in [0, 0.05) is 26.2 Å². The van der Waals surface area contributed by atoms with Crippen LogP contribution < -0.4 is 0 Å². The molecule has 0 atom stereocenters. The van der Waals surface area contributed by atoms with E-state index >= 15 is 0 Å². The summed E-state index contributed by atoms with van der Waals surface area (Å²) in [5.74, 6) is -0.334. The van der Waals surface area contributed by atoms with Gasteiger partial charge in [0.2, 0.25) is 0 Å². The predicted molar refractivity (Wildman–Crippen MR) is 78.3 cm³/mol. The van der Waals surface area contributed by atoms with E-state index in [9.17, 15) is 4.79 Å². The summed E-state index contributed by atoms with van der Waals surface area (Å²) >= 11 is 0. The van der Waals surface area contributed by atoms with E-state index in [0.717, 1.165) is 50.4 Å². The van der Waals surface area contributed by atoms with Gasteiger partial charge in [0.05, 0.1) is 43.2 Å². The highest BCUT2D eigenvalue weighted by Gasteiger charge is 2.12. The number of aromatic nitrogens is 2. The number of imidazole rings is 1. The number of morpholine rings is 1. The van der Waals surface area contributed by atoms with Crippen molar-refractivity contribution in [2.45, 2.75) is 6.54 Å². The van der Waals surface area contributed by atoms with E-state index in [2.05, 4.69) is 14.5 Å². The second kappa shape index (κ2) is 6.24. The van der Waals surface area contributed by atoms with Gasteiger partial charge in [0.15, 0.2) is 0 Å².